The van der Waals surface area contributed by atoms with Gasteiger partial charge in [-0.25, -0.2) is 0 Å². The molecule has 108 valence electrons. The van der Waals surface area contributed by atoms with Crippen LogP contribution in [0.1, 0.15) is 32.1 Å². The van der Waals surface area contributed by atoms with Gasteiger partial charge in [0.15, 0.2) is 0 Å². The normalized spacial score (nSPS) is 31.4. The van der Waals surface area contributed by atoms with Crippen LogP contribution in [-0.2, 0) is 4.79 Å². The molecule has 3 nitrogen and oxygen atoms in total. The minimum atomic E-state index is -0.623. The molecule has 2 aliphatic carbocycles. The topological polar surface area (TPSA) is 46.5 Å². The van der Waals surface area contributed by atoms with E-state index in [4.69, 9.17) is 4.74 Å². The molecule has 20 heavy (non-hydrogen) atoms. The first-order valence-electron chi connectivity index (χ1n) is 7.22. The minimum absolute atomic E-state index is 0.358. The highest BCUT2D eigenvalue weighted by atomic mass is 79.9. The maximum atomic E-state index is 11.7. The molecule has 0 spiro atoms. The molecule has 1 aromatic rings. The molecule has 2 saturated carbocycles. The Morgan fingerprint density at radius 3 is 2.90 bits per heavy atom. The van der Waals surface area contributed by atoms with E-state index in [0.29, 0.717) is 24.9 Å². The van der Waals surface area contributed by atoms with Crippen molar-refractivity contribution >= 4 is 21.9 Å². The van der Waals surface area contributed by atoms with Gasteiger partial charge in [0.05, 0.1) is 12.0 Å². The van der Waals surface area contributed by atoms with Gasteiger partial charge >= 0.3 is 5.97 Å². The Kier molecular flexibility index (Phi) is 3.76. The van der Waals surface area contributed by atoms with Crippen molar-refractivity contribution in [1.82, 2.24) is 0 Å². The predicted octanol–water partition coefficient (Wildman–Crippen LogP) is 4.11. The second-order valence-electron chi connectivity index (χ2n) is 6.10. The van der Waals surface area contributed by atoms with Crippen molar-refractivity contribution in [2.45, 2.75) is 32.1 Å². The molecule has 2 bridgehead atoms. The van der Waals surface area contributed by atoms with Crippen LogP contribution in [0, 0.1) is 17.3 Å². The number of rotatable bonds is 5. The minimum Gasteiger partial charge on any atom is -0.494 e. The standard InChI is InChI=1S/C16H19BrO3/c17-13-2-1-3-14(9-13)20-7-6-16(15(18)19)10-11-4-5-12(16)8-11/h1-3,9,11-12H,4-8,10H2,(H,18,19). The zero-order valence-electron chi connectivity index (χ0n) is 11.3. The van der Waals surface area contributed by atoms with Crippen LogP contribution in [0.15, 0.2) is 28.7 Å². The fourth-order valence-electron chi connectivity index (χ4n) is 4.03. The van der Waals surface area contributed by atoms with Crippen molar-refractivity contribution in [3.8, 4) is 5.75 Å². The molecule has 3 rings (SSSR count). The Morgan fingerprint density at radius 1 is 1.45 bits per heavy atom. The molecular formula is C16H19BrO3. The van der Waals surface area contributed by atoms with E-state index in [9.17, 15) is 9.90 Å². The first-order chi connectivity index (χ1) is 9.60. The van der Waals surface area contributed by atoms with Crippen molar-refractivity contribution in [3.05, 3.63) is 28.7 Å². The Hall–Kier alpha value is -1.03. The van der Waals surface area contributed by atoms with Gasteiger partial charge in [0, 0.05) is 4.47 Å². The van der Waals surface area contributed by atoms with Gasteiger partial charge in [0.1, 0.15) is 5.75 Å². The third kappa shape index (κ3) is 2.46. The van der Waals surface area contributed by atoms with Gasteiger partial charge in [-0.2, -0.15) is 0 Å². The predicted molar refractivity (Wildman–Crippen MR) is 79.8 cm³/mol. The monoisotopic (exact) mass is 338 g/mol. The summed E-state index contributed by atoms with van der Waals surface area (Å²) in [5, 5.41) is 9.66. The van der Waals surface area contributed by atoms with E-state index in [2.05, 4.69) is 15.9 Å². The Balaban J connectivity index is 1.63. The summed E-state index contributed by atoms with van der Waals surface area (Å²) in [5.74, 6) is 1.16. The van der Waals surface area contributed by atoms with Crippen molar-refractivity contribution in [1.29, 1.82) is 0 Å². The number of benzene rings is 1. The van der Waals surface area contributed by atoms with Crippen LogP contribution in [0.25, 0.3) is 0 Å². The molecular weight excluding hydrogens is 320 g/mol. The number of ether oxygens (including phenoxy) is 1. The summed E-state index contributed by atoms with van der Waals surface area (Å²) in [4.78, 5) is 11.7. The maximum absolute atomic E-state index is 11.7. The lowest BCUT2D eigenvalue weighted by molar-refractivity contribution is -0.153. The average Bonchev–Trinajstić information content (AvgIpc) is 3.00. The highest BCUT2D eigenvalue weighted by molar-refractivity contribution is 9.10. The molecule has 0 heterocycles. The molecule has 1 aromatic carbocycles. The highest BCUT2D eigenvalue weighted by Gasteiger charge is 2.55. The molecule has 3 atom stereocenters. The van der Waals surface area contributed by atoms with Crippen LogP contribution >= 0.6 is 15.9 Å². The number of fused-ring (bicyclic) bond motifs is 2. The summed E-state index contributed by atoms with van der Waals surface area (Å²) in [6, 6.07) is 7.68. The second-order valence-corrected chi connectivity index (χ2v) is 7.01. The third-order valence-electron chi connectivity index (χ3n) is 5.01. The summed E-state index contributed by atoms with van der Waals surface area (Å²) in [6.07, 6.45) is 4.86. The zero-order chi connectivity index (χ0) is 14.2. The number of hydrogen-bond acceptors (Lipinski definition) is 2. The number of carboxylic acids is 1. The smallest absolute Gasteiger partial charge is 0.310 e. The highest BCUT2D eigenvalue weighted by Crippen LogP contribution is 2.57. The lowest BCUT2D eigenvalue weighted by Gasteiger charge is -2.33. The Labute approximate surface area is 127 Å². The lowest BCUT2D eigenvalue weighted by Crippen LogP contribution is -2.37. The van der Waals surface area contributed by atoms with Gasteiger partial charge in [-0.3, -0.25) is 4.79 Å². The molecule has 0 aliphatic heterocycles. The van der Waals surface area contributed by atoms with Crippen LogP contribution in [0.5, 0.6) is 5.75 Å². The van der Waals surface area contributed by atoms with Crippen LogP contribution in [-0.4, -0.2) is 17.7 Å². The van der Waals surface area contributed by atoms with Gasteiger partial charge in [0.25, 0.3) is 0 Å². The van der Waals surface area contributed by atoms with E-state index in [1.807, 2.05) is 24.3 Å². The third-order valence-corrected chi connectivity index (χ3v) is 5.51. The Bertz CT molecular complexity index is 516. The van der Waals surface area contributed by atoms with E-state index in [1.54, 1.807) is 0 Å². The molecule has 3 unspecified atom stereocenters. The summed E-state index contributed by atoms with van der Waals surface area (Å²) in [7, 11) is 0. The fraction of sp³-hybridized carbons (Fsp3) is 0.562. The molecule has 2 aliphatic rings. The molecule has 0 amide bonds. The van der Waals surface area contributed by atoms with Crippen molar-refractivity contribution in [2.75, 3.05) is 6.61 Å². The zero-order valence-corrected chi connectivity index (χ0v) is 12.9. The Morgan fingerprint density at radius 2 is 2.30 bits per heavy atom. The molecule has 1 N–H and O–H groups in total. The fourth-order valence-corrected chi connectivity index (χ4v) is 4.41. The average molecular weight is 339 g/mol. The van der Waals surface area contributed by atoms with E-state index in [1.165, 1.54) is 6.42 Å². The number of halogens is 1. The van der Waals surface area contributed by atoms with Crippen molar-refractivity contribution in [2.24, 2.45) is 17.3 Å². The number of carbonyl (C=O) groups is 1. The van der Waals surface area contributed by atoms with E-state index in [0.717, 1.165) is 29.5 Å². The number of aliphatic carboxylic acids is 1. The summed E-state index contributed by atoms with van der Waals surface area (Å²) in [5.41, 5.74) is -0.533. The number of hydrogen-bond donors (Lipinski definition) is 1. The SMILES string of the molecule is O=C(O)C1(CCOc2cccc(Br)c2)CC2CCC1C2. The van der Waals surface area contributed by atoms with Gasteiger partial charge in [-0.1, -0.05) is 28.4 Å². The largest absolute Gasteiger partial charge is 0.494 e. The summed E-state index contributed by atoms with van der Waals surface area (Å²) < 4.78 is 6.71. The molecule has 4 heteroatoms. The van der Waals surface area contributed by atoms with Crippen LogP contribution < -0.4 is 4.74 Å². The molecule has 0 radical (unpaired) electrons. The van der Waals surface area contributed by atoms with E-state index in [-0.39, 0.29) is 0 Å². The van der Waals surface area contributed by atoms with E-state index >= 15 is 0 Å². The second kappa shape index (κ2) is 5.40. The van der Waals surface area contributed by atoms with Crippen LogP contribution in [0.4, 0.5) is 0 Å². The van der Waals surface area contributed by atoms with Gasteiger partial charge in [-0.05, 0) is 55.7 Å². The van der Waals surface area contributed by atoms with E-state index < -0.39 is 11.4 Å². The maximum Gasteiger partial charge on any atom is 0.310 e. The molecule has 2 fully saturated rings. The number of carboxylic acid groups (broad SMARTS) is 1. The van der Waals surface area contributed by atoms with Crippen LogP contribution in [0.2, 0.25) is 0 Å². The van der Waals surface area contributed by atoms with Crippen molar-refractivity contribution in [3.63, 3.8) is 0 Å². The summed E-state index contributed by atoms with van der Waals surface area (Å²) in [6.45, 7) is 0.478. The van der Waals surface area contributed by atoms with Crippen molar-refractivity contribution < 1.29 is 14.6 Å². The first kappa shape index (κ1) is 13.9. The first-order valence-corrected chi connectivity index (χ1v) is 8.01. The molecule has 0 aromatic heterocycles. The quantitative estimate of drug-likeness (QED) is 0.878. The lowest BCUT2D eigenvalue weighted by atomic mass is 9.71. The van der Waals surface area contributed by atoms with Crippen LogP contribution in [0.3, 0.4) is 0 Å². The van der Waals surface area contributed by atoms with Gasteiger partial charge < -0.3 is 9.84 Å². The summed E-state index contributed by atoms with van der Waals surface area (Å²) >= 11 is 3.41. The molecule has 0 saturated heterocycles. The van der Waals surface area contributed by atoms with Gasteiger partial charge in [-0.15, -0.1) is 0 Å². The van der Waals surface area contributed by atoms with Gasteiger partial charge in [0.2, 0.25) is 0 Å².